The fraction of sp³-hybridized carbons (Fsp3) is 1.00. The van der Waals surface area contributed by atoms with Crippen molar-refractivity contribution in [2.24, 2.45) is 0 Å². The van der Waals surface area contributed by atoms with Crippen LogP contribution in [0.15, 0.2) is 0 Å². The second-order valence-corrected chi connectivity index (χ2v) is 16.0. The van der Waals surface area contributed by atoms with Crippen molar-refractivity contribution < 1.29 is 13.7 Å². The van der Waals surface area contributed by atoms with Crippen LogP contribution in [0.1, 0.15) is 0 Å². The molecule has 0 saturated heterocycles. The molecule has 0 aromatic rings. The van der Waals surface area contributed by atoms with Crippen molar-refractivity contribution in [2.75, 3.05) is 40.0 Å². The summed E-state index contributed by atoms with van der Waals surface area (Å²) in [6.07, 6.45) is 0. The van der Waals surface area contributed by atoms with E-state index < -0.39 is 26.6 Å². The van der Waals surface area contributed by atoms with Crippen LogP contribution in [0, 0.1) is 0 Å². The van der Waals surface area contributed by atoms with Crippen LogP contribution in [0.3, 0.4) is 0 Å². The summed E-state index contributed by atoms with van der Waals surface area (Å²) in [6, 6.07) is 0. The van der Waals surface area contributed by atoms with E-state index in [1.165, 1.54) is 0 Å². The van der Waals surface area contributed by atoms with Crippen molar-refractivity contribution in [1.29, 1.82) is 0 Å². The van der Waals surface area contributed by atoms with Crippen LogP contribution in [-0.4, -0.2) is 45.1 Å². The maximum atomic E-state index is 11.9. The minimum absolute atomic E-state index is 0.604. The average Bonchev–Trinajstić information content (AvgIpc) is 1.44. The molecule has 0 spiro atoms. The molecule has 0 radical (unpaired) electrons. The summed E-state index contributed by atoms with van der Waals surface area (Å²) in [5.41, 5.74) is 0. The Balaban J connectivity index is 5.42. The molecule has 0 heterocycles. The highest BCUT2D eigenvalue weighted by atomic mass is 31.3. The van der Waals surface area contributed by atoms with Crippen LogP contribution < -0.4 is 0 Å². The van der Waals surface area contributed by atoms with Crippen molar-refractivity contribution in [3.8, 4) is 0 Å². The third-order valence-corrected chi connectivity index (χ3v) is 15.0. The average molecular weight is 244 g/mol. The quantitative estimate of drug-likeness (QED) is 0.716. The minimum atomic E-state index is -2.55. The maximum absolute atomic E-state index is 11.9. The molecular weight excluding hydrogens is 225 g/mol. The van der Waals surface area contributed by atoms with E-state index in [4.69, 9.17) is 0 Å². The van der Waals surface area contributed by atoms with Crippen molar-refractivity contribution >= 4 is 21.4 Å². The van der Waals surface area contributed by atoms with E-state index >= 15 is 0 Å². The zero-order valence-corrected chi connectivity index (χ0v) is 11.8. The molecule has 0 rings (SSSR count). The molecule has 0 N–H and O–H groups in total. The summed E-state index contributed by atoms with van der Waals surface area (Å²) >= 11 is 0. The van der Waals surface area contributed by atoms with Crippen LogP contribution in [0.4, 0.5) is 0 Å². The minimum Gasteiger partial charge on any atom is -0.323 e. The third-order valence-electron chi connectivity index (χ3n) is 1.67. The van der Waals surface area contributed by atoms with E-state index in [0.717, 1.165) is 0 Å². The highest BCUT2D eigenvalue weighted by Gasteiger charge is 2.42. The molecular formula is C7H19O3P3. The normalized spacial score (nSPS) is 15.0. The summed E-state index contributed by atoms with van der Waals surface area (Å²) in [7, 11) is -7.64. The first-order valence-electron chi connectivity index (χ1n) is 4.01. The molecule has 80 valence electrons. The smallest absolute Gasteiger partial charge is 0.117 e. The maximum Gasteiger partial charge on any atom is 0.117 e. The van der Waals surface area contributed by atoms with Gasteiger partial charge in [-0.25, -0.2) is 0 Å². The van der Waals surface area contributed by atoms with Gasteiger partial charge in [0.1, 0.15) is 5.14 Å². The molecule has 0 aromatic carbocycles. The zero-order chi connectivity index (χ0) is 11.1. The fourth-order valence-electron chi connectivity index (χ4n) is 2.01. The van der Waals surface area contributed by atoms with Gasteiger partial charge >= 0.3 is 0 Å². The zero-order valence-electron chi connectivity index (χ0n) is 9.14. The highest BCUT2D eigenvalue weighted by molar-refractivity contribution is 7.95. The van der Waals surface area contributed by atoms with Crippen molar-refractivity contribution in [2.45, 2.75) is 5.14 Å². The van der Waals surface area contributed by atoms with E-state index in [9.17, 15) is 13.7 Å². The van der Waals surface area contributed by atoms with E-state index in [0.29, 0.717) is 0 Å². The molecule has 13 heavy (non-hydrogen) atoms. The lowest BCUT2D eigenvalue weighted by Crippen LogP contribution is -2.07. The van der Waals surface area contributed by atoms with Crippen LogP contribution in [0.5, 0.6) is 0 Å². The van der Waals surface area contributed by atoms with Crippen molar-refractivity contribution in [1.82, 2.24) is 0 Å². The van der Waals surface area contributed by atoms with Gasteiger partial charge in [0.25, 0.3) is 0 Å². The Labute approximate surface area is 80.8 Å². The summed E-state index contributed by atoms with van der Waals surface area (Å²) in [4.78, 5) is 0. The first kappa shape index (κ1) is 13.7. The molecule has 0 aliphatic heterocycles. The molecule has 0 aliphatic rings. The van der Waals surface area contributed by atoms with Gasteiger partial charge in [-0.05, 0) is 40.0 Å². The van der Waals surface area contributed by atoms with Crippen LogP contribution in [-0.2, 0) is 13.7 Å². The van der Waals surface area contributed by atoms with Crippen LogP contribution in [0.2, 0.25) is 0 Å². The monoisotopic (exact) mass is 244 g/mol. The molecule has 0 atom stereocenters. The van der Waals surface area contributed by atoms with E-state index in [1.54, 1.807) is 40.0 Å². The lowest BCUT2D eigenvalue weighted by atomic mass is 11.8. The summed E-state index contributed by atoms with van der Waals surface area (Å²) < 4.78 is 35.6. The summed E-state index contributed by atoms with van der Waals surface area (Å²) in [5, 5.41) is -0.604. The van der Waals surface area contributed by atoms with E-state index in [2.05, 4.69) is 0 Å². The van der Waals surface area contributed by atoms with Crippen LogP contribution >= 0.6 is 21.4 Å². The Hall–Kier alpha value is 0.690. The van der Waals surface area contributed by atoms with Gasteiger partial charge in [-0.3, -0.25) is 0 Å². The predicted molar refractivity (Wildman–Crippen MR) is 62.2 cm³/mol. The highest BCUT2D eigenvalue weighted by Crippen LogP contribution is 2.74. The lowest BCUT2D eigenvalue weighted by Gasteiger charge is -2.28. The van der Waals surface area contributed by atoms with Gasteiger partial charge in [-0.1, -0.05) is 0 Å². The Morgan fingerprint density at radius 3 is 0.769 bits per heavy atom. The van der Waals surface area contributed by atoms with E-state index in [-0.39, 0.29) is 0 Å². The molecule has 6 heteroatoms. The van der Waals surface area contributed by atoms with Gasteiger partial charge in [0.05, 0.1) is 21.4 Å². The topological polar surface area (TPSA) is 51.2 Å². The predicted octanol–water partition coefficient (Wildman–Crippen LogP) is 3.14. The Morgan fingerprint density at radius 2 is 0.769 bits per heavy atom. The number of hydrogen-bond acceptors (Lipinski definition) is 3. The first-order chi connectivity index (χ1) is 5.37. The van der Waals surface area contributed by atoms with Gasteiger partial charge in [0.15, 0.2) is 0 Å². The Bertz CT molecular complexity index is 264. The lowest BCUT2D eigenvalue weighted by molar-refractivity contribution is 0.566. The number of rotatable bonds is 3. The molecule has 0 unspecified atom stereocenters. The van der Waals surface area contributed by atoms with Crippen molar-refractivity contribution in [3.05, 3.63) is 0 Å². The molecule has 3 nitrogen and oxygen atoms in total. The summed E-state index contributed by atoms with van der Waals surface area (Å²) in [5.74, 6) is 0. The third kappa shape index (κ3) is 4.15. The van der Waals surface area contributed by atoms with Gasteiger partial charge in [0, 0.05) is 0 Å². The molecule has 0 amide bonds. The second kappa shape index (κ2) is 3.69. The fourth-order valence-corrected chi connectivity index (χ4v) is 18.1. The van der Waals surface area contributed by atoms with E-state index in [1.807, 2.05) is 0 Å². The van der Waals surface area contributed by atoms with Crippen molar-refractivity contribution in [3.63, 3.8) is 0 Å². The Kier molecular flexibility index (Phi) is 3.88. The number of hydrogen-bond donors (Lipinski definition) is 0. The van der Waals surface area contributed by atoms with Gasteiger partial charge < -0.3 is 13.7 Å². The SMILES string of the molecule is CP(C)(=O)C(P(C)(C)=O)P(C)(C)=O. The first-order valence-corrected chi connectivity index (χ1v) is 12.0. The molecule has 0 bridgehead atoms. The molecule has 0 aromatic heterocycles. The van der Waals surface area contributed by atoms with Crippen LogP contribution in [0.25, 0.3) is 0 Å². The largest absolute Gasteiger partial charge is 0.323 e. The molecule has 0 saturated carbocycles. The molecule has 0 fully saturated rings. The van der Waals surface area contributed by atoms with Gasteiger partial charge in [-0.15, -0.1) is 0 Å². The Morgan fingerprint density at radius 1 is 0.615 bits per heavy atom. The molecule has 0 aliphatic carbocycles. The second-order valence-electron chi connectivity index (χ2n) is 4.65. The standard InChI is InChI=1S/C7H19O3P3/c1-11(2,8)7(12(3,4)9)13(5,6)10/h7H,1-6H3. The van der Waals surface area contributed by atoms with Gasteiger partial charge in [-0.2, -0.15) is 0 Å². The summed E-state index contributed by atoms with van der Waals surface area (Å²) in [6.45, 7) is 9.40. The van der Waals surface area contributed by atoms with Gasteiger partial charge in [0.2, 0.25) is 0 Å².